The van der Waals surface area contributed by atoms with E-state index >= 15 is 0 Å². The first-order valence-corrected chi connectivity index (χ1v) is 9.56. The Morgan fingerprint density at radius 1 is 1.07 bits per heavy atom. The van der Waals surface area contributed by atoms with Crippen molar-refractivity contribution in [3.8, 4) is 0 Å². The van der Waals surface area contributed by atoms with Crippen LogP contribution in [0.25, 0.3) is 0 Å². The summed E-state index contributed by atoms with van der Waals surface area (Å²) >= 11 is 0. The smallest absolute Gasteiger partial charge is 0.238 e. The van der Waals surface area contributed by atoms with Crippen molar-refractivity contribution in [1.29, 1.82) is 0 Å². The van der Waals surface area contributed by atoms with E-state index in [1.165, 1.54) is 6.07 Å². The molecule has 4 rings (SSSR count). The number of halogens is 2. The molecule has 2 saturated heterocycles. The Balaban J connectivity index is 1.38. The lowest BCUT2D eigenvalue weighted by Crippen LogP contribution is -2.49. The van der Waals surface area contributed by atoms with E-state index in [2.05, 4.69) is 0 Å². The van der Waals surface area contributed by atoms with Crippen molar-refractivity contribution in [2.75, 3.05) is 19.6 Å². The van der Waals surface area contributed by atoms with Gasteiger partial charge in [0.1, 0.15) is 5.41 Å². The van der Waals surface area contributed by atoms with Gasteiger partial charge < -0.3 is 15.5 Å². The van der Waals surface area contributed by atoms with E-state index in [1.807, 2.05) is 0 Å². The van der Waals surface area contributed by atoms with Gasteiger partial charge in [-0.2, -0.15) is 0 Å². The minimum atomic E-state index is -1.01. The molecule has 1 aromatic carbocycles. The lowest BCUT2D eigenvalue weighted by atomic mass is 9.77. The monoisotopic (exact) mass is 391 g/mol. The molecule has 0 bridgehead atoms. The van der Waals surface area contributed by atoms with Gasteiger partial charge in [-0.1, -0.05) is 6.07 Å². The molecule has 2 heterocycles. The van der Waals surface area contributed by atoms with E-state index in [9.17, 15) is 23.2 Å². The van der Waals surface area contributed by atoms with Crippen LogP contribution in [0, 0.1) is 22.5 Å². The number of piperidine rings is 1. The summed E-state index contributed by atoms with van der Waals surface area (Å²) in [5.74, 6) is -2.58. The summed E-state index contributed by atoms with van der Waals surface area (Å²) < 4.78 is 26.5. The highest BCUT2D eigenvalue weighted by atomic mass is 19.2. The van der Waals surface area contributed by atoms with E-state index < -0.39 is 23.0 Å². The van der Waals surface area contributed by atoms with Gasteiger partial charge in [-0.3, -0.25) is 14.4 Å². The minimum absolute atomic E-state index is 0.0136. The number of carbonyl (C=O) groups excluding carboxylic acids is 3. The van der Waals surface area contributed by atoms with Crippen molar-refractivity contribution in [3.63, 3.8) is 0 Å². The number of primary amides is 1. The fraction of sp³-hybridized carbons (Fsp3) is 0.550. The summed E-state index contributed by atoms with van der Waals surface area (Å²) in [4.78, 5) is 40.1. The van der Waals surface area contributed by atoms with Gasteiger partial charge in [0, 0.05) is 38.0 Å². The second-order valence-corrected chi connectivity index (χ2v) is 8.41. The Labute approximate surface area is 161 Å². The van der Waals surface area contributed by atoms with Crippen molar-refractivity contribution < 1.29 is 23.2 Å². The SMILES string of the molecule is NC(=O)C1(C(=O)N2CCC3(CC2)CC(=O)N(Cc2ccc(F)c(F)c2)C3)CC1. The predicted octanol–water partition coefficient (Wildman–Crippen LogP) is 1.57. The number of nitrogens with zero attached hydrogens (tertiary/aromatic N) is 2. The average molecular weight is 391 g/mol. The van der Waals surface area contributed by atoms with Gasteiger partial charge in [0.05, 0.1) is 0 Å². The molecule has 1 spiro atoms. The Bertz CT molecular complexity index is 845. The Morgan fingerprint density at radius 2 is 1.75 bits per heavy atom. The van der Waals surface area contributed by atoms with Crippen molar-refractivity contribution in [2.45, 2.75) is 38.6 Å². The summed E-state index contributed by atoms with van der Waals surface area (Å²) in [6.45, 7) is 1.78. The maximum atomic E-state index is 13.4. The number of likely N-dealkylation sites (tertiary alicyclic amines) is 2. The number of carbonyl (C=O) groups is 3. The molecule has 28 heavy (non-hydrogen) atoms. The van der Waals surface area contributed by atoms with Crippen LogP contribution in [-0.2, 0) is 20.9 Å². The van der Waals surface area contributed by atoms with E-state index in [0.717, 1.165) is 12.1 Å². The first kappa shape index (κ1) is 18.8. The molecule has 0 radical (unpaired) electrons. The highest BCUT2D eigenvalue weighted by Gasteiger charge is 2.58. The Hall–Kier alpha value is -2.51. The quantitative estimate of drug-likeness (QED) is 0.791. The van der Waals surface area contributed by atoms with Crippen LogP contribution in [0.5, 0.6) is 0 Å². The zero-order chi connectivity index (χ0) is 20.1. The highest BCUT2D eigenvalue weighted by Crippen LogP contribution is 2.49. The van der Waals surface area contributed by atoms with Crippen LogP contribution in [0.15, 0.2) is 18.2 Å². The number of amides is 3. The van der Waals surface area contributed by atoms with Gasteiger partial charge in [-0.15, -0.1) is 0 Å². The number of nitrogens with two attached hydrogens (primary N) is 1. The third-order valence-corrected chi connectivity index (χ3v) is 6.51. The van der Waals surface area contributed by atoms with Gasteiger partial charge in [0.15, 0.2) is 11.6 Å². The molecule has 3 aliphatic rings. The van der Waals surface area contributed by atoms with Gasteiger partial charge >= 0.3 is 0 Å². The predicted molar refractivity (Wildman–Crippen MR) is 95.5 cm³/mol. The molecule has 1 saturated carbocycles. The molecule has 3 fully saturated rings. The second kappa shape index (κ2) is 6.53. The van der Waals surface area contributed by atoms with Crippen LogP contribution < -0.4 is 5.73 Å². The molecule has 1 aliphatic carbocycles. The van der Waals surface area contributed by atoms with Crippen LogP contribution in [0.3, 0.4) is 0 Å². The van der Waals surface area contributed by atoms with E-state index in [4.69, 9.17) is 5.73 Å². The molecule has 2 N–H and O–H groups in total. The number of rotatable bonds is 4. The summed E-state index contributed by atoms with van der Waals surface area (Å²) in [7, 11) is 0. The Morgan fingerprint density at radius 3 is 2.32 bits per heavy atom. The van der Waals surface area contributed by atoms with Crippen molar-refractivity contribution in [3.05, 3.63) is 35.4 Å². The molecule has 2 aliphatic heterocycles. The molecule has 6 nitrogen and oxygen atoms in total. The largest absolute Gasteiger partial charge is 0.369 e. The zero-order valence-electron chi connectivity index (χ0n) is 15.5. The van der Waals surface area contributed by atoms with Crippen molar-refractivity contribution in [1.82, 2.24) is 9.80 Å². The topological polar surface area (TPSA) is 83.7 Å². The fourth-order valence-corrected chi connectivity index (χ4v) is 4.50. The molecule has 1 aromatic rings. The summed E-state index contributed by atoms with van der Waals surface area (Å²) in [5, 5.41) is 0. The molecule has 0 aromatic heterocycles. The molecule has 0 unspecified atom stereocenters. The second-order valence-electron chi connectivity index (χ2n) is 8.41. The normalized spacial score (nSPS) is 22.6. The summed E-state index contributed by atoms with van der Waals surface area (Å²) in [6, 6.07) is 3.67. The molecule has 3 amide bonds. The van der Waals surface area contributed by atoms with E-state index in [0.29, 0.717) is 57.3 Å². The van der Waals surface area contributed by atoms with E-state index in [1.54, 1.807) is 9.80 Å². The molecule has 8 heteroatoms. The number of hydrogen-bond donors (Lipinski definition) is 1. The van der Waals surface area contributed by atoms with Gasteiger partial charge in [-0.05, 0) is 43.4 Å². The summed E-state index contributed by atoms with van der Waals surface area (Å²) in [5.41, 5.74) is 4.73. The van der Waals surface area contributed by atoms with Gasteiger partial charge in [-0.25, -0.2) is 8.78 Å². The van der Waals surface area contributed by atoms with Crippen LogP contribution in [0.2, 0.25) is 0 Å². The standard InChI is InChI=1S/C20H23F2N3O3/c21-14-2-1-13(9-15(14)22)11-25-12-19(10-16(25)26)5-7-24(8-6-19)18(28)20(3-4-20)17(23)27/h1-2,9H,3-8,10-12H2,(H2,23,27). The van der Waals surface area contributed by atoms with Crippen LogP contribution >= 0.6 is 0 Å². The molecule has 150 valence electrons. The van der Waals surface area contributed by atoms with Gasteiger partial charge in [0.2, 0.25) is 17.7 Å². The fourth-order valence-electron chi connectivity index (χ4n) is 4.50. The van der Waals surface area contributed by atoms with Crippen LogP contribution in [0.4, 0.5) is 8.78 Å². The maximum absolute atomic E-state index is 13.4. The van der Waals surface area contributed by atoms with Crippen LogP contribution in [-0.4, -0.2) is 47.2 Å². The lowest BCUT2D eigenvalue weighted by molar-refractivity contribution is -0.144. The number of benzene rings is 1. The average Bonchev–Trinajstić information content (AvgIpc) is 3.41. The Kier molecular flexibility index (Phi) is 4.39. The molecular formula is C20H23F2N3O3. The highest BCUT2D eigenvalue weighted by molar-refractivity contribution is 6.07. The molecule has 0 atom stereocenters. The summed E-state index contributed by atoms with van der Waals surface area (Å²) in [6.07, 6.45) is 2.77. The maximum Gasteiger partial charge on any atom is 0.238 e. The van der Waals surface area contributed by atoms with Gasteiger partial charge in [0.25, 0.3) is 0 Å². The van der Waals surface area contributed by atoms with Crippen molar-refractivity contribution >= 4 is 17.7 Å². The third kappa shape index (κ3) is 3.14. The third-order valence-electron chi connectivity index (χ3n) is 6.51. The van der Waals surface area contributed by atoms with Crippen LogP contribution in [0.1, 0.15) is 37.7 Å². The first-order chi connectivity index (χ1) is 13.2. The lowest BCUT2D eigenvalue weighted by Gasteiger charge is -2.39. The number of hydrogen-bond acceptors (Lipinski definition) is 3. The van der Waals surface area contributed by atoms with Crippen molar-refractivity contribution in [2.24, 2.45) is 16.6 Å². The zero-order valence-corrected chi connectivity index (χ0v) is 15.5. The van der Waals surface area contributed by atoms with E-state index in [-0.39, 0.29) is 23.8 Å². The first-order valence-electron chi connectivity index (χ1n) is 9.56. The minimum Gasteiger partial charge on any atom is -0.369 e. The molecular weight excluding hydrogens is 368 g/mol.